The van der Waals surface area contributed by atoms with Crippen LogP contribution >= 0.6 is 15.9 Å². The number of carboxylic acids is 1. The van der Waals surface area contributed by atoms with Gasteiger partial charge < -0.3 is 5.11 Å². The highest BCUT2D eigenvalue weighted by molar-refractivity contribution is 9.10. The van der Waals surface area contributed by atoms with E-state index in [9.17, 15) is 9.90 Å². The van der Waals surface area contributed by atoms with E-state index < -0.39 is 11.5 Å². The molecule has 100 valence electrons. The SMILES string of the molecule is Cc1nn(CC(C)(NC2CC2)C(=O)O)c(C)c1Br. The van der Waals surface area contributed by atoms with Crippen molar-refractivity contribution in [2.45, 2.75) is 51.7 Å². The molecule has 1 aliphatic rings. The third-order valence-corrected chi connectivity index (χ3v) is 4.48. The quantitative estimate of drug-likeness (QED) is 0.870. The molecule has 0 aliphatic heterocycles. The highest BCUT2D eigenvalue weighted by Gasteiger charge is 2.39. The number of aliphatic carboxylic acids is 1. The van der Waals surface area contributed by atoms with Crippen LogP contribution in [0, 0.1) is 13.8 Å². The van der Waals surface area contributed by atoms with Crippen LogP contribution in [-0.2, 0) is 11.3 Å². The molecule has 0 spiro atoms. The summed E-state index contributed by atoms with van der Waals surface area (Å²) in [5.74, 6) is -0.835. The molecule has 6 heteroatoms. The van der Waals surface area contributed by atoms with Gasteiger partial charge in [-0.15, -0.1) is 0 Å². The summed E-state index contributed by atoms with van der Waals surface area (Å²) in [5, 5.41) is 17.0. The summed E-state index contributed by atoms with van der Waals surface area (Å²) >= 11 is 3.46. The Morgan fingerprint density at radius 3 is 2.61 bits per heavy atom. The van der Waals surface area contributed by atoms with E-state index in [1.165, 1.54) is 0 Å². The van der Waals surface area contributed by atoms with Crippen molar-refractivity contribution >= 4 is 21.9 Å². The average molecular weight is 316 g/mol. The van der Waals surface area contributed by atoms with Gasteiger partial charge in [-0.1, -0.05) is 0 Å². The van der Waals surface area contributed by atoms with Crippen molar-refractivity contribution in [3.63, 3.8) is 0 Å². The molecule has 5 nitrogen and oxygen atoms in total. The number of aromatic nitrogens is 2. The molecule has 1 saturated carbocycles. The van der Waals surface area contributed by atoms with Crippen molar-refractivity contribution in [1.29, 1.82) is 0 Å². The van der Waals surface area contributed by atoms with Crippen molar-refractivity contribution < 1.29 is 9.90 Å². The van der Waals surface area contributed by atoms with E-state index >= 15 is 0 Å². The van der Waals surface area contributed by atoms with Crippen LogP contribution in [-0.4, -0.2) is 32.4 Å². The highest BCUT2D eigenvalue weighted by Crippen LogP contribution is 2.25. The summed E-state index contributed by atoms with van der Waals surface area (Å²) in [7, 11) is 0. The van der Waals surface area contributed by atoms with E-state index in [-0.39, 0.29) is 0 Å². The Morgan fingerprint density at radius 2 is 2.22 bits per heavy atom. The minimum absolute atomic E-state index is 0.330. The normalized spacial score (nSPS) is 18.7. The maximum atomic E-state index is 11.5. The zero-order valence-corrected chi connectivity index (χ0v) is 12.4. The average Bonchev–Trinajstić information content (AvgIpc) is 3.05. The van der Waals surface area contributed by atoms with Gasteiger partial charge in [0.25, 0.3) is 0 Å². The maximum absolute atomic E-state index is 11.5. The summed E-state index contributed by atoms with van der Waals surface area (Å²) in [4.78, 5) is 11.5. The molecule has 1 unspecified atom stereocenters. The lowest BCUT2D eigenvalue weighted by Crippen LogP contribution is -2.53. The molecule has 1 fully saturated rings. The molecule has 18 heavy (non-hydrogen) atoms. The van der Waals surface area contributed by atoms with Crippen molar-refractivity contribution in [2.75, 3.05) is 0 Å². The molecule has 2 N–H and O–H groups in total. The first kappa shape index (κ1) is 13.5. The molecular formula is C12H18BrN3O2. The summed E-state index contributed by atoms with van der Waals surface area (Å²) < 4.78 is 2.70. The van der Waals surface area contributed by atoms with Gasteiger partial charge in [0.15, 0.2) is 0 Å². The predicted molar refractivity (Wildman–Crippen MR) is 71.6 cm³/mol. The molecule has 1 atom stereocenters. The molecule has 1 aliphatic carbocycles. The second-order valence-electron chi connectivity index (χ2n) is 5.20. The lowest BCUT2D eigenvalue weighted by molar-refractivity contribution is -0.145. The van der Waals surface area contributed by atoms with Crippen LogP contribution in [0.5, 0.6) is 0 Å². The molecule has 1 heterocycles. The van der Waals surface area contributed by atoms with Crippen LogP contribution in [0.1, 0.15) is 31.2 Å². The van der Waals surface area contributed by atoms with E-state index in [4.69, 9.17) is 0 Å². The predicted octanol–water partition coefficient (Wildman–Crippen LogP) is 1.86. The molecule has 1 aromatic rings. The summed E-state index contributed by atoms with van der Waals surface area (Å²) in [6, 6.07) is 0.339. The number of halogens is 1. The Kier molecular flexibility index (Phi) is 3.51. The summed E-state index contributed by atoms with van der Waals surface area (Å²) in [6.07, 6.45) is 2.12. The third-order valence-electron chi connectivity index (χ3n) is 3.33. The highest BCUT2D eigenvalue weighted by atomic mass is 79.9. The zero-order valence-electron chi connectivity index (χ0n) is 10.8. The fourth-order valence-electron chi connectivity index (χ4n) is 1.98. The Labute approximate surface area is 115 Å². The molecule has 1 aromatic heterocycles. The molecule has 0 radical (unpaired) electrons. The lowest BCUT2D eigenvalue weighted by atomic mass is 10.0. The monoisotopic (exact) mass is 315 g/mol. The van der Waals surface area contributed by atoms with E-state index in [1.54, 1.807) is 11.6 Å². The zero-order chi connectivity index (χ0) is 13.5. The second kappa shape index (κ2) is 4.66. The molecule has 0 amide bonds. The number of rotatable bonds is 5. The first-order valence-corrected chi connectivity index (χ1v) is 6.83. The van der Waals surface area contributed by atoms with E-state index in [0.29, 0.717) is 12.6 Å². The minimum atomic E-state index is -0.968. The number of aryl methyl sites for hydroxylation is 1. The second-order valence-corrected chi connectivity index (χ2v) is 5.99. The van der Waals surface area contributed by atoms with Gasteiger partial charge in [-0.25, -0.2) is 0 Å². The van der Waals surface area contributed by atoms with Gasteiger partial charge in [-0.2, -0.15) is 5.10 Å². The Balaban J connectivity index is 2.22. The fourth-order valence-corrected chi connectivity index (χ4v) is 2.27. The topological polar surface area (TPSA) is 67.2 Å². The van der Waals surface area contributed by atoms with Crippen molar-refractivity contribution in [1.82, 2.24) is 15.1 Å². The smallest absolute Gasteiger partial charge is 0.325 e. The van der Waals surface area contributed by atoms with Gasteiger partial charge in [0.2, 0.25) is 0 Å². The van der Waals surface area contributed by atoms with Crippen LogP contribution in [0.3, 0.4) is 0 Å². The standard InChI is InChI=1S/C12H18BrN3O2/c1-7-10(13)8(2)16(15-7)6-12(3,11(17)18)14-9-4-5-9/h9,14H,4-6H2,1-3H3,(H,17,18). The van der Waals surface area contributed by atoms with Gasteiger partial charge in [-0.3, -0.25) is 14.8 Å². The van der Waals surface area contributed by atoms with Crippen LogP contribution in [0.2, 0.25) is 0 Å². The number of nitrogens with zero attached hydrogens (tertiary/aromatic N) is 2. The fraction of sp³-hybridized carbons (Fsp3) is 0.667. The van der Waals surface area contributed by atoms with E-state index in [2.05, 4.69) is 26.3 Å². The van der Waals surface area contributed by atoms with Gasteiger partial charge in [0, 0.05) is 11.7 Å². The Bertz CT molecular complexity index is 482. The van der Waals surface area contributed by atoms with Crippen molar-refractivity contribution in [2.24, 2.45) is 0 Å². The first-order valence-electron chi connectivity index (χ1n) is 6.04. The van der Waals surface area contributed by atoms with Crippen molar-refractivity contribution in [3.8, 4) is 0 Å². The summed E-state index contributed by atoms with van der Waals surface area (Å²) in [5.41, 5.74) is 0.869. The van der Waals surface area contributed by atoms with Gasteiger partial charge in [0.05, 0.1) is 16.7 Å². The van der Waals surface area contributed by atoms with Crippen LogP contribution in [0.4, 0.5) is 0 Å². The number of carboxylic acid groups (broad SMARTS) is 1. The minimum Gasteiger partial charge on any atom is -0.480 e. The Morgan fingerprint density at radius 1 is 1.61 bits per heavy atom. The summed E-state index contributed by atoms with van der Waals surface area (Å²) in [6.45, 7) is 5.89. The van der Waals surface area contributed by atoms with Gasteiger partial charge in [-0.05, 0) is 49.5 Å². The number of hydrogen-bond acceptors (Lipinski definition) is 3. The number of carbonyl (C=O) groups is 1. The van der Waals surface area contributed by atoms with Crippen LogP contribution < -0.4 is 5.32 Å². The maximum Gasteiger partial charge on any atom is 0.325 e. The molecule has 0 saturated heterocycles. The first-order chi connectivity index (χ1) is 8.33. The van der Waals surface area contributed by atoms with Crippen LogP contribution in [0.25, 0.3) is 0 Å². The molecule has 0 aromatic carbocycles. The van der Waals surface area contributed by atoms with E-state index in [1.807, 2.05) is 13.8 Å². The number of nitrogens with one attached hydrogen (secondary N) is 1. The molecular weight excluding hydrogens is 298 g/mol. The number of hydrogen-bond donors (Lipinski definition) is 2. The third kappa shape index (κ3) is 2.59. The molecule has 2 rings (SSSR count). The van der Waals surface area contributed by atoms with Gasteiger partial charge in [0.1, 0.15) is 5.54 Å². The van der Waals surface area contributed by atoms with Gasteiger partial charge >= 0.3 is 5.97 Å². The van der Waals surface area contributed by atoms with E-state index in [0.717, 1.165) is 28.7 Å². The lowest BCUT2D eigenvalue weighted by Gasteiger charge is -2.26. The molecule has 0 bridgehead atoms. The largest absolute Gasteiger partial charge is 0.480 e. The Hall–Kier alpha value is -0.880. The van der Waals surface area contributed by atoms with Crippen LogP contribution in [0.15, 0.2) is 4.47 Å². The van der Waals surface area contributed by atoms with Crippen molar-refractivity contribution in [3.05, 3.63) is 15.9 Å².